The molecule has 0 unspecified atom stereocenters. The molecule has 0 atom stereocenters. The van der Waals surface area contributed by atoms with Crippen molar-refractivity contribution in [2.75, 3.05) is 13.6 Å². The molecule has 0 aliphatic heterocycles. The van der Waals surface area contributed by atoms with Gasteiger partial charge in [-0.25, -0.2) is 0 Å². The molecule has 102 valence electrons. The first-order chi connectivity index (χ1) is 8.95. The summed E-state index contributed by atoms with van der Waals surface area (Å²) in [5.74, 6) is 1.97. The van der Waals surface area contributed by atoms with E-state index in [1.54, 1.807) is 11.3 Å². The number of hydrogen-bond acceptors (Lipinski definition) is 4. The molecule has 0 aliphatic carbocycles. The summed E-state index contributed by atoms with van der Waals surface area (Å²) in [6.45, 7) is 7.02. The molecule has 2 aromatic heterocycles. The molecule has 0 fully saturated rings. The summed E-state index contributed by atoms with van der Waals surface area (Å²) >= 11 is 1.67. The number of carbonyl (C=O) groups is 1. The molecular weight excluding hydrogens is 258 g/mol. The van der Waals surface area contributed by atoms with E-state index >= 15 is 0 Å². The van der Waals surface area contributed by atoms with E-state index in [0.29, 0.717) is 13.1 Å². The fraction of sp³-hybridized carbons (Fsp3) is 0.400. The second-order valence-corrected chi connectivity index (χ2v) is 6.40. The van der Waals surface area contributed by atoms with Gasteiger partial charge in [-0.05, 0) is 46.0 Å². The van der Waals surface area contributed by atoms with Crippen LogP contribution in [0.3, 0.4) is 0 Å². The van der Waals surface area contributed by atoms with E-state index in [4.69, 9.17) is 4.42 Å². The summed E-state index contributed by atoms with van der Waals surface area (Å²) in [6.07, 6.45) is 0. The molecule has 0 saturated heterocycles. The van der Waals surface area contributed by atoms with Crippen molar-refractivity contribution in [2.45, 2.75) is 27.3 Å². The van der Waals surface area contributed by atoms with Gasteiger partial charge in [0.05, 0.1) is 13.1 Å². The Morgan fingerprint density at radius 3 is 2.58 bits per heavy atom. The Morgan fingerprint density at radius 1 is 1.32 bits per heavy atom. The standard InChI is InChI=1S/C15H19NO2S/c1-10-5-6-13(18-10)8-16(4)9-15(17)14-7-11(2)19-12(14)3/h5-7H,8-9H2,1-4H3. The first-order valence-corrected chi connectivity index (χ1v) is 7.11. The first kappa shape index (κ1) is 14.0. The van der Waals surface area contributed by atoms with Gasteiger partial charge in [-0.3, -0.25) is 9.69 Å². The molecule has 4 heteroatoms. The number of hydrogen-bond donors (Lipinski definition) is 0. The largest absolute Gasteiger partial charge is 0.465 e. The minimum atomic E-state index is 0.174. The summed E-state index contributed by atoms with van der Waals surface area (Å²) in [5, 5.41) is 0. The molecule has 0 radical (unpaired) electrons. The average Bonchev–Trinajstić information content (AvgIpc) is 2.84. The van der Waals surface area contributed by atoms with E-state index in [9.17, 15) is 4.79 Å². The van der Waals surface area contributed by atoms with Crippen molar-refractivity contribution >= 4 is 17.1 Å². The van der Waals surface area contributed by atoms with Crippen molar-refractivity contribution in [1.82, 2.24) is 4.90 Å². The molecule has 0 N–H and O–H groups in total. The lowest BCUT2D eigenvalue weighted by atomic mass is 10.1. The van der Waals surface area contributed by atoms with Crippen molar-refractivity contribution in [3.05, 3.63) is 45.0 Å². The molecule has 0 aliphatic rings. The molecule has 0 saturated carbocycles. The minimum absolute atomic E-state index is 0.174. The highest BCUT2D eigenvalue weighted by atomic mass is 32.1. The van der Waals surface area contributed by atoms with Crippen LogP contribution < -0.4 is 0 Å². The molecule has 19 heavy (non-hydrogen) atoms. The molecule has 0 spiro atoms. The first-order valence-electron chi connectivity index (χ1n) is 6.30. The van der Waals surface area contributed by atoms with Crippen LogP contribution >= 0.6 is 11.3 Å². The van der Waals surface area contributed by atoms with Crippen LogP contribution in [0.5, 0.6) is 0 Å². The normalized spacial score (nSPS) is 11.2. The number of rotatable bonds is 5. The Balaban J connectivity index is 1.97. The lowest BCUT2D eigenvalue weighted by Crippen LogP contribution is -2.25. The third-order valence-electron chi connectivity index (χ3n) is 2.98. The average molecular weight is 277 g/mol. The van der Waals surface area contributed by atoms with Gasteiger partial charge in [0.15, 0.2) is 5.78 Å². The Bertz CT molecular complexity index is 583. The summed E-state index contributed by atoms with van der Waals surface area (Å²) < 4.78 is 5.52. The molecule has 0 bridgehead atoms. The number of nitrogens with zero attached hydrogens (tertiary/aromatic N) is 1. The number of likely N-dealkylation sites (N-methyl/N-ethyl adjacent to an activating group) is 1. The Labute approximate surface area is 117 Å². The van der Waals surface area contributed by atoms with Crippen molar-refractivity contribution in [3.63, 3.8) is 0 Å². The second-order valence-electron chi connectivity index (χ2n) is 4.93. The van der Waals surface area contributed by atoms with Gasteiger partial charge in [-0.1, -0.05) is 0 Å². The molecule has 0 aromatic carbocycles. The van der Waals surface area contributed by atoms with E-state index < -0.39 is 0 Å². The third kappa shape index (κ3) is 3.55. The van der Waals surface area contributed by atoms with Gasteiger partial charge in [0.2, 0.25) is 0 Å². The van der Waals surface area contributed by atoms with E-state index in [2.05, 4.69) is 0 Å². The van der Waals surface area contributed by atoms with Gasteiger partial charge in [0, 0.05) is 15.3 Å². The van der Waals surface area contributed by atoms with Crippen LogP contribution in [0.4, 0.5) is 0 Å². The van der Waals surface area contributed by atoms with Crippen LogP contribution in [-0.2, 0) is 6.54 Å². The van der Waals surface area contributed by atoms with Crippen LogP contribution in [0, 0.1) is 20.8 Å². The van der Waals surface area contributed by atoms with Gasteiger partial charge in [0.25, 0.3) is 0 Å². The van der Waals surface area contributed by atoms with E-state index in [1.165, 1.54) is 4.88 Å². The number of carbonyl (C=O) groups excluding carboxylic acids is 1. The fourth-order valence-corrected chi connectivity index (χ4v) is 3.07. The smallest absolute Gasteiger partial charge is 0.177 e. The molecule has 2 rings (SSSR count). The maximum absolute atomic E-state index is 12.2. The number of Topliss-reactive ketones (excluding diaryl/α,β-unsaturated/α-hetero) is 1. The summed E-state index contributed by atoms with van der Waals surface area (Å²) in [4.78, 5) is 16.5. The number of aryl methyl sites for hydroxylation is 3. The molecule has 2 heterocycles. The van der Waals surface area contributed by atoms with Crippen molar-refractivity contribution in [3.8, 4) is 0 Å². The van der Waals surface area contributed by atoms with Crippen LogP contribution in [0.1, 0.15) is 31.6 Å². The number of ketones is 1. The molecule has 3 nitrogen and oxygen atoms in total. The van der Waals surface area contributed by atoms with Gasteiger partial charge < -0.3 is 4.42 Å². The van der Waals surface area contributed by atoms with Gasteiger partial charge in [0.1, 0.15) is 11.5 Å². The molecule has 2 aromatic rings. The van der Waals surface area contributed by atoms with Crippen LogP contribution in [0.2, 0.25) is 0 Å². The van der Waals surface area contributed by atoms with Crippen LogP contribution in [0.15, 0.2) is 22.6 Å². The fourth-order valence-electron chi connectivity index (χ4n) is 2.13. The second kappa shape index (κ2) is 5.72. The maximum Gasteiger partial charge on any atom is 0.177 e. The zero-order valence-electron chi connectivity index (χ0n) is 11.8. The quantitative estimate of drug-likeness (QED) is 0.783. The monoisotopic (exact) mass is 277 g/mol. The SMILES string of the molecule is Cc1ccc(CN(C)CC(=O)c2cc(C)sc2C)o1. The predicted molar refractivity (Wildman–Crippen MR) is 77.9 cm³/mol. The Morgan fingerprint density at radius 2 is 2.05 bits per heavy atom. The van der Waals surface area contributed by atoms with Gasteiger partial charge in [-0.15, -0.1) is 11.3 Å². The van der Waals surface area contributed by atoms with Crippen molar-refractivity contribution in [2.24, 2.45) is 0 Å². The van der Waals surface area contributed by atoms with Gasteiger partial charge >= 0.3 is 0 Å². The van der Waals surface area contributed by atoms with Crippen molar-refractivity contribution in [1.29, 1.82) is 0 Å². The van der Waals surface area contributed by atoms with Gasteiger partial charge in [-0.2, -0.15) is 0 Å². The summed E-state index contributed by atoms with van der Waals surface area (Å²) in [5.41, 5.74) is 0.852. The lowest BCUT2D eigenvalue weighted by molar-refractivity contribution is 0.0939. The van der Waals surface area contributed by atoms with Crippen molar-refractivity contribution < 1.29 is 9.21 Å². The Hall–Kier alpha value is -1.39. The molecular formula is C15H19NO2S. The highest BCUT2D eigenvalue weighted by Gasteiger charge is 2.14. The molecule has 0 amide bonds. The summed E-state index contributed by atoms with van der Waals surface area (Å²) in [6, 6.07) is 5.88. The zero-order valence-corrected chi connectivity index (χ0v) is 12.6. The minimum Gasteiger partial charge on any atom is -0.465 e. The van der Waals surface area contributed by atoms with E-state index in [-0.39, 0.29) is 5.78 Å². The highest BCUT2D eigenvalue weighted by Crippen LogP contribution is 2.21. The number of furan rings is 1. The third-order valence-corrected chi connectivity index (χ3v) is 3.94. The van der Waals surface area contributed by atoms with Crippen LogP contribution in [-0.4, -0.2) is 24.3 Å². The maximum atomic E-state index is 12.2. The van der Waals surface area contributed by atoms with E-state index in [0.717, 1.165) is 22.0 Å². The zero-order chi connectivity index (χ0) is 14.0. The highest BCUT2D eigenvalue weighted by molar-refractivity contribution is 7.12. The van der Waals surface area contributed by atoms with E-state index in [1.807, 2.05) is 50.9 Å². The Kier molecular flexibility index (Phi) is 4.22. The predicted octanol–water partition coefficient (Wildman–Crippen LogP) is 3.58. The number of thiophene rings is 1. The topological polar surface area (TPSA) is 33.5 Å². The summed E-state index contributed by atoms with van der Waals surface area (Å²) in [7, 11) is 1.93. The lowest BCUT2D eigenvalue weighted by Gasteiger charge is -2.13. The van der Waals surface area contributed by atoms with Crippen LogP contribution in [0.25, 0.3) is 0 Å².